The van der Waals surface area contributed by atoms with Crippen LogP contribution in [0.15, 0.2) is 12.7 Å². The molecule has 16 heavy (non-hydrogen) atoms. The summed E-state index contributed by atoms with van der Waals surface area (Å²) >= 11 is 0. The molecule has 0 bridgehead atoms. The SMILES string of the molecule is C=CC(=O)N(C)C1OC(C)C(O)C(O)C1O. The molecule has 1 aliphatic heterocycles. The molecule has 0 radical (unpaired) electrons. The van der Waals surface area contributed by atoms with Crippen molar-refractivity contribution in [1.82, 2.24) is 4.90 Å². The van der Waals surface area contributed by atoms with Crippen molar-refractivity contribution in [3.63, 3.8) is 0 Å². The van der Waals surface area contributed by atoms with Crippen LogP contribution < -0.4 is 0 Å². The van der Waals surface area contributed by atoms with E-state index in [1.165, 1.54) is 7.05 Å². The van der Waals surface area contributed by atoms with Gasteiger partial charge in [-0.2, -0.15) is 0 Å². The lowest BCUT2D eigenvalue weighted by atomic mass is 9.98. The average Bonchev–Trinajstić information content (AvgIpc) is 2.29. The highest BCUT2D eigenvalue weighted by atomic mass is 16.5. The second kappa shape index (κ2) is 4.92. The number of hydrogen-bond acceptors (Lipinski definition) is 5. The largest absolute Gasteiger partial charge is 0.388 e. The quantitative estimate of drug-likeness (QED) is 0.501. The molecule has 92 valence electrons. The van der Waals surface area contributed by atoms with E-state index >= 15 is 0 Å². The van der Waals surface area contributed by atoms with Crippen LogP contribution in [-0.4, -0.2) is 63.8 Å². The Labute approximate surface area is 93.7 Å². The fourth-order valence-corrected chi connectivity index (χ4v) is 1.62. The summed E-state index contributed by atoms with van der Waals surface area (Å²) < 4.78 is 5.26. The standard InChI is InChI=1S/C10H17NO5/c1-4-6(12)11(3)10-9(15)8(14)7(13)5(2)16-10/h4-5,7-10,13-15H,1H2,2-3H3. The number of aliphatic hydroxyl groups is 3. The molecule has 1 heterocycles. The summed E-state index contributed by atoms with van der Waals surface area (Å²) in [7, 11) is 1.43. The molecule has 1 aliphatic rings. The summed E-state index contributed by atoms with van der Waals surface area (Å²) in [6.07, 6.45) is -4.42. The molecular weight excluding hydrogens is 214 g/mol. The molecule has 0 aliphatic carbocycles. The molecule has 1 saturated heterocycles. The second-order valence-electron chi connectivity index (χ2n) is 3.86. The van der Waals surface area contributed by atoms with Crippen molar-refractivity contribution in [2.45, 2.75) is 37.6 Å². The lowest BCUT2D eigenvalue weighted by molar-refractivity contribution is -0.248. The van der Waals surface area contributed by atoms with Gasteiger partial charge in [0.15, 0.2) is 6.23 Å². The zero-order valence-corrected chi connectivity index (χ0v) is 9.28. The van der Waals surface area contributed by atoms with E-state index < -0.39 is 36.6 Å². The molecule has 6 heteroatoms. The second-order valence-corrected chi connectivity index (χ2v) is 3.86. The third-order valence-electron chi connectivity index (χ3n) is 2.73. The number of carbonyl (C=O) groups is 1. The van der Waals surface area contributed by atoms with E-state index in [2.05, 4.69) is 6.58 Å². The topological polar surface area (TPSA) is 90.2 Å². The number of nitrogens with zero attached hydrogens (tertiary/aromatic N) is 1. The third kappa shape index (κ3) is 2.25. The van der Waals surface area contributed by atoms with Gasteiger partial charge in [0.25, 0.3) is 0 Å². The molecule has 6 nitrogen and oxygen atoms in total. The first-order valence-electron chi connectivity index (χ1n) is 4.99. The van der Waals surface area contributed by atoms with Gasteiger partial charge in [0.05, 0.1) is 6.10 Å². The number of amides is 1. The van der Waals surface area contributed by atoms with Crippen LogP contribution in [0.3, 0.4) is 0 Å². The van der Waals surface area contributed by atoms with Gasteiger partial charge < -0.3 is 25.0 Å². The Hall–Kier alpha value is -0.950. The minimum atomic E-state index is -1.35. The van der Waals surface area contributed by atoms with Crippen molar-refractivity contribution in [1.29, 1.82) is 0 Å². The summed E-state index contributed by atoms with van der Waals surface area (Å²) in [4.78, 5) is 12.5. The van der Waals surface area contributed by atoms with Crippen molar-refractivity contribution in [2.75, 3.05) is 7.05 Å². The fraction of sp³-hybridized carbons (Fsp3) is 0.700. The van der Waals surface area contributed by atoms with Crippen LogP contribution in [0.25, 0.3) is 0 Å². The fourth-order valence-electron chi connectivity index (χ4n) is 1.62. The van der Waals surface area contributed by atoms with Crippen LogP contribution in [0, 0.1) is 0 Å². The van der Waals surface area contributed by atoms with Crippen LogP contribution >= 0.6 is 0 Å². The van der Waals surface area contributed by atoms with Crippen molar-refractivity contribution in [3.05, 3.63) is 12.7 Å². The van der Waals surface area contributed by atoms with Gasteiger partial charge in [-0.05, 0) is 13.0 Å². The van der Waals surface area contributed by atoms with Gasteiger partial charge >= 0.3 is 0 Å². The number of likely N-dealkylation sites (N-methyl/N-ethyl adjacent to an activating group) is 1. The number of hydrogen-bond donors (Lipinski definition) is 3. The Balaban J connectivity index is 2.81. The normalized spacial score (nSPS) is 39.2. The molecule has 0 aromatic rings. The van der Waals surface area contributed by atoms with Crippen LogP contribution in [0.1, 0.15) is 6.92 Å². The van der Waals surface area contributed by atoms with Gasteiger partial charge in [-0.1, -0.05) is 6.58 Å². The Kier molecular flexibility index (Phi) is 4.03. The molecule has 1 fully saturated rings. The summed E-state index contributed by atoms with van der Waals surface area (Å²) in [5.74, 6) is -0.431. The predicted octanol–water partition coefficient (Wildman–Crippen LogP) is -1.54. The maximum atomic E-state index is 11.3. The number of rotatable bonds is 2. The minimum Gasteiger partial charge on any atom is -0.388 e. The highest BCUT2D eigenvalue weighted by Gasteiger charge is 2.44. The van der Waals surface area contributed by atoms with E-state index in [9.17, 15) is 20.1 Å². The molecule has 3 N–H and O–H groups in total. The average molecular weight is 231 g/mol. The minimum absolute atomic E-state index is 0.431. The zero-order valence-electron chi connectivity index (χ0n) is 9.28. The van der Waals surface area contributed by atoms with E-state index in [0.29, 0.717) is 0 Å². The first-order chi connectivity index (χ1) is 7.40. The summed E-state index contributed by atoms with van der Waals surface area (Å²) in [5, 5.41) is 28.7. The number of carbonyl (C=O) groups excluding carboxylic acids is 1. The van der Waals surface area contributed by atoms with E-state index in [1.54, 1.807) is 6.92 Å². The number of ether oxygens (including phenoxy) is 1. The Morgan fingerprint density at radius 1 is 1.31 bits per heavy atom. The van der Waals surface area contributed by atoms with E-state index in [0.717, 1.165) is 11.0 Å². The van der Waals surface area contributed by atoms with Crippen molar-refractivity contribution in [2.24, 2.45) is 0 Å². The van der Waals surface area contributed by atoms with Gasteiger partial charge in [0.2, 0.25) is 5.91 Å². The van der Waals surface area contributed by atoms with Crippen LogP contribution in [0.2, 0.25) is 0 Å². The lowest BCUT2D eigenvalue weighted by Gasteiger charge is -2.42. The third-order valence-corrected chi connectivity index (χ3v) is 2.73. The molecule has 0 aromatic heterocycles. The summed E-state index contributed by atoms with van der Waals surface area (Å²) in [5.41, 5.74) is 0. The molecule has 0 aromatic carbocycles. The maximum absolute atomic E-state index is 11.3. The Morgan fingerprint density at radius 3 is 2.38 bits per heavy atom. The van der Waals surface area contributed by atoms with Crippen molar-refractivity contribution < 1.29 is 24.9 Å². The Bertz CT molecular complexity index is 282. The summed E-state index contributed by atoms with van der Waals surface area (Å²) in [6.45, 7) is 4.87. The molecule has 1 amide bonds. The van der Waals surface area contributed by atoms with Gasteiger partial charge in [0.1, 0.15) is 18.3 Å². The van der Waals surface area contributed by atoms with Gasteiger partial charge in [-0.3, -0.25) is 4.79 Å². The van der Waals surface area contributed by atoms with E-state index in [4.69, 9.17) is 4.74 Å². The molecule has 5 atom stereocenters. The highest BCUT2D eigenvalue weighted by Crippen LogP contribution is 2.22. The van der Waals surface area contributed by atoms with Crippen LogP contribution in [-0.2, 0) is 9.53 Å². The molecular formula is C10H17NO5. The first kappa shape index (κ1) is 13.1. The summed E-state index contributed by atoms with van der Waals surface area (Å²) in [6, 6.07) is 0. The van der Waals surface area contributed by atoms with E-state index in [1.807, 2.05) is 0 Å². The monoisotopic (exact) mass is 231 g/mol. The molecule has 0 spiro atoms. The molecule has 0 saturated carbocycles. The van der Waals surface area contributed by atoms with Crippen LogP contribution in [0.5, 0.6) is 0 Å². The molecule has 1 rings (SSSR count). The van der Waals surface area contributed by atoms with Gasteiger partial charge in [-0.25, -0.2) is 0 Å². The predicted molar refractivity (Wildman–Crippen MR) is 55.3 cm³/mol. The molecule has 5 unspecified atom stereocenters. The highest BCUT2D eigenvalue weighted by molar-refractivity contribution is 5.86. The zero-order chi connectivity index (χ0) is 12.5. The van der Waals surface area contributed by atoms with Crippen molar-refractivity contribution in [3.8, 4) is 0 Å². The van der Waals surface area contributed by atoms with E-state index in [-0.39, 0.29) is 0 Å². The first-order valence-corrected chi connectivity index (χ1v) is 4.99. The Morgan fingerprint density at radius 2 is 1.88 bits per heavy atom. The lowest BCUT2D eigenvalue weighted by Crippen LogP contribution is -2.61. The van der Waals surface area contributed by atoms with Crippen molar-refractivity contribution >= 4 is 5.91 Å². The van der Waals surface area contributed by atoms with Gasteiger partial charge in [0, 0.05) is 7.05 Å². The van der Waals surface area contributed by atoms with Crippen LogP contribution in [0.4, 0.5) is 0 Å². The number of aliphatic hydroxyl groups excluding tert-OH is 3. The smallest absolute Gasteiger partial charge is 0.247 e. The maximum Gasteiger partial charge on any atom is 0.247 e. The van der Waals surface area contributed by atoms with Gasteiger partial charge in [-0.15, -0.1) is 0 Å².